The van der Waals surface area contributed by atoms with Crippen LogP contribution in [0.2, 0.25) is 0 Å². The molecule has 7 heteroatoms. The minimum Gasteiger partial charge on any atom is -0.328 e. The molecule has 1 atom stereocenters. The molecule has 0 amide bonds. The maximum atomic E-state index is 11.6. The fraction of sp³-hybridized carbons (Fsp3) is 1.00. The molecule has 11 heavy (non-hydrogen) atoms. The topological polar surface area (TPSA) is 52.0 Å². The number of alkyl halides is 3. The number of halogens is 5. The Morgan fingerprint density at radius 2 is 1.45 bits per heavy atom. The van der Waals surface area contributed by atoms with Crippen molar-refractivity contribution in [2.45, 2.75) is 18.6 Å². The van der Waals surface area contributed by atoms with Gasteiger partial charge < -0.3 is 11.5 Å². The second kappa shape index (κ2) is 5.03. The Morgan fingerprint density at radius 1 is 1.18 bits per heavy atom. The van der Waals surface area contributed by atoms with E-state index in [4.69, 9.17) is 11.5 Å². The van der Waals surface area contributed by atoms with Gasteiger partial charge in [0.25, 0.3) is 0 Å². The summed E-state index contributed by atoms with van der Waals surface area (Å²) in [6.45, 7) is 0.267. The van der Waals surface area contributed by atoms with Gasteiger partial charge in [0.2, 0.25) is 0 Å². The molecule has 0 aliphatic carbocycles. The fourth-order valence-corrected chi connectivity index (χ4v) is 0.116. The van der Waals surface area contributed by atoms with Crippen LogP contribution >= 0.6 is 24.8 Å². The fourth-order valence-electron chi connectivity index (χ4n) is 0.116. The van der Waals surface area contributed by atoms with E-state index < -0.39 is 18.3 Å². The van der Waals surface area contributed by atoms with E-state index in [2.05, 4.69) is 0 Å². The van der Waals surface area contributed by atoms with Crippen molar-refractivity contribution < 1.29 is 13.2 Å². The van der Waals surface area contributed by atoms with Crippen molar-refractivity contribution >= 4 is 24.8 Å². The highest BCUT2D eigenvalue weighted by Crippen LogP contribution is 2.26. The highest BCUT2D eigenvalue weighted by molar-refractivity contribution is 5.85. The molecule has 0 spiro atoms. The molecule has 0 heterocycles. The minimum absolute atomic E-state index is 0. The van der Waals surface area contributed by atoms with Crippen molar-refractivity contribution in [2.75, 3.05) is 6.54 Å². The average Bonchev–Trinajstić information content (AvgIpc) is 1.64. The van der Waals surface area contributed by atoms with Crippen LogP contribution in [0, 0.1) is 0 Å². The molecule has 0 saturated heterocycles. The standard InChI is InChI=1S/C4H9F3N2.2ClH/c1-3(9,2-8)4(5,6)7;;/h2,8-9H2,1H3;2*1H. The van der Waals surface area contributed by atoms with Gasteiger partial charge in [0.1, 0.15) is 5.54 Å². The summed E-state index contributed by atoms with van der Waals surface area (Å²) in [5, 5.41) is 0. The molecule has 0 rings (SSSR count). The number of hydrogen-bond acceptors (Lipinski definition) is 2. The Bertz CT molecular complexity index is 104. The Hall–Kier alpha value is 0.290. The third-order valence-corrected chi connectivity index (χ3v) is 1.07. The molecule has 0 aromatic carbocycles. The van der Waals surface area contributed by atoms with E-state index in [1.807, 2.05) is 0 Å². The molecular formula is C4H11Cl2F3N2. The third-order valence-electron chi connectivity index (χ3n) is 1.07. The molecule has 0 fully saturated rings. The quantitative estimate of drug-likeness (QED) is 0.687. The van der Waals surface area contributed by atoms with Gasteiger partial charge in [0, 0.05) is 6.54 Å². The summed E-state index contributed by atoms with van der Waals surface area (Å²) in [6, 6.07) is 0. The zero-order chi connectivity index (χ0) is 7.71. The number of nitrogens with two attached hydrogens (primary N) is 2. The molecule has 72 valence electrons. The van der Waals surface area contributed by atoms with Crippen LogP contribution < -0.4 is 11.5 Å². The van der Waals surface area contributed by atoms with Crippen molar-refractivity contribution in [3.63, 3.8) is 0 Å². The van der Waals surface area contributed by atoms with E-state index in [1.54, 1.807) is 0 Å². The first-order chi connectivity index (χ1) is 3.81. The number of hydrogen-bond donors (Lipinski definition) is 2. The lowest BCUT2D eigenvalue weighted by molar-refractivity contribution is -0.177. The zero-order valence-electron chi connectivity index (χ0n) is 5.81. The normalized spacial score (nSPS) is 15.8. The van der Waals surface area contributed by atoms with E-state index >= 15 is 0 Å². The second-order valence-electron chi connectivity index (χ2n) is 2.12. The molecule has 0 bridgehead atoms. The maximum absolute atomic E-state index is 11.6. The summed E-state index contributed by atoms with van der Waals surface area (Å²) >= 11 is 0. The van der Waals surface area contributed by atoms with E-state index in [-0.39, 0.29) is 24.8 Å². The van der Waals surface area contributed by atoms with Gasteiger partial charge in [-0.05, 0) is 6.92 Å². The average molecular weight is 215 g/mol. The van der Waals surface area contributed by atoms with Gasteiger partial charge in [-0.3, -0.25) is 0 Å². The second-order valence-corrected chi connectivity index (χ2v) is 2.12. The Kier molecular flexibility index (Phi) is 7.95. The lowest BCUT2D eigenvalue weighted by atomic mass is 10.1. The van der Waals surface area contributed by atoms with Crippen molar-refractivity contribution in [1.82, 2.24) is 0 Å². The number of rotatable bonds is 1. The molecule has 0 aliphatic heterocycles. The SMILES string of the molecule is CC(N)(CN)C(F)(F)F.Cl.Cl. The van der Waals surface area contributed by atoms with Gasteiger partial charge in [0.05, 0.1) is 0 Å². The summed E-state index contributed by atoms with van der Waals surface area (Å²) in [7, 11) is 0. The molecule has 4 N–H and O–H groups in total. The third kappa shape index (κ3) is 4.68. The lowest BCUT2D eigenvalue weighted by Crippen LogP contribution is -2.56. The first kappa shape index (κ1) is 17.4. The summed E-state index contributed by atoms with van der Waals surface area (Å²) < 4.78 is 34.9. The molecule has 1 unspecified atom stereocenters. The van der Waals surface area contributed by atoms with Gasteiger partial charge in [-0.1, -0.05) is 0 Å². The first-order valence-electron chi connectivity index (χ1n) is 2.37. The van der Waals surface area contributed by atoms with Gasteiger partial charge in [-0.15, -0.1) is 24.8 Å². The lowest BCUT2D eigenvalue weighted by Gasteiger charge is -2.25. The van der Waals surface area contributed by atoms with E-state index in [1.165, 1.54) is 0 Å². The molecule has 0 aromatic rings. The minimum atomic E-state index is -4.40. The Balaban J connectivity index is -0.000000320. The smallest absolute Gasteiger partial charge is 0.328 e. The van der Waals surface area contributed by atoms with Crippen molar-refractivity contribution in [3.05, 3.63) is 0 Å². The van der Waals surface area contributed by atoms with Crippen LogP contribution in [0.25, 0.3) is 0 Å². The molecule has 0 aliphatic rings. The van der Waals surface area contributed by atoms with Crippen LogP contribution in [0.5, 0.6) is 0 Å². The molecule has 0 aromatic heterocycles. The van der Waals surface area contributed by atoms with Crippen LogP contribution in [0.3, 0.4) is 0 Å². The molecule has 2 nitrogen and oxygen atoms in total. The van der Waals surface area contributed by atoms with Gasteiger partial charge in [0.15, 0.2) is 0 Å². The molecule has 0 saturated carbocycles. The van der Waals surface area contributed by atoms with Crippen LogP contribution in [0.4, 0.5) is 13.2 Å². The van der Waals surface area contributed by atoms with Crippen LogP contribution in [-0.4, -0.2) is 18.3 Å². The largest absolute Gasteiger partial charge is 0.407 e. The predicted octanol–water partition coefficient (Wildman–Crippen LogP) is 1.07. The molecular weight excluding hydrogens is 204 g/mol. The summed E-state index contributed by atoms with van der Waals surface area (Å²) in [4.78, 5) is 0. The van der Waals surface area contributed by atoms with Crippen molar-refractivity contribution in [3.8, 4) is 0 Å². The zero-order valence-corrected chi connectivity index (χ0v) is 7.45. The van der Waals surface area contributed by atoms with Gasteiger partial charge in [-0.25, -0.2) is 0 Å². The Morgan fingerprint density at radius 3 is 1.45 bits per heavy atom. The van der Waals surface area contributed by atoms with Gasteiger partial charge >= 0.3 is 6.18 Å². The van der Waals surface area contributed by atoms with Crippen LogP contribution in [0.1, 0.15) is 6.92 Å². The maximum Gasteiger partial charge on any atom is 0.407 e. The predicted molar refractivity (Wildman–Crippen MR) is 42.2 cm³/mol. The van der Waals surface area contributed by atoms with E-state index in [0.29, 0.717) is 0 Å². The van der Waals surface area contributed by atoms with Gasteiger partial charge in [-0.2, -0.15) is 13.2 Å². The van der Waals surface area contributed by atoms with Crippen LogP contribution in [0.15, 0.2) is 0 Å². The highest BCUT2D eigenvalue weighted by atomic mass is 35.5. The van der Waals surface area contributed by atoms with Crippen molar-refractivity contribution in [2.24, 2.45) is 11.5 Å². The monoisotopic (exact) mass is 214 g/mol. The Labute approximate surface area is 75.3 Å². The summed E-state index contributed by atoms with van der Waals surface area (Å²) in [5.74, 6) is 0. The van der Waals surface area contributed by atoms with E-state index in [0.717, 1.165) is 6.92 Å². The van der Waals surface area contributed by atoms with Crippen LogP contribution in [-0.2, 0) is 0 Å². The summed E-state index contributed by atoms with van der Waals surface area (Å²) in [5.41, 5.74) is 7.25. The van der Waals surface area contributed by atoms with E-state index in [9.17, 15) is 13.2 Å². The highest BCUT2D eigenvalue weighted by Gasteiger charge is 2.46. The van der Waals surface area contributed by atoms with Crippen molar-refractivity contribution in [1.29, 1.82) is 0 Å². The summed E-state index contributed by atoms with van der Waals surface area (Å²) in [6.07, 6.45) is -4.40. The molecule has 0 radical (unpaired) electrons. The first-order valence-corrected chi connectivity index (χ1v) is 2.37.